The number of rotatable bonds is 6. The maximum Gasteiger partial charge on any atom is 0.310 e. The molecule has 9 nitrogen and oxygen atoms in total. The van der Waals surface area contributed by atoms with E-state index in [2.05, 4.69) is 15.6 Å². The molecule has 1 amide bonds. The van der Waals surface area contributed by atoms with E-state index in [1.165, 1.54) is 34.6 Å². The summed E-state index contributed by atoms with van der Waals surface area (Å²) in [5.74, 6) is 0.0768. The molecule has 0 bridgehead atoms. The highest BCUT2D eigenvalue weighted by Crippen LogP contribution is 2.25. The second kappa shape index (κ2) is 6.89. The Labute approximate surface area is 129 Å². The van der Waals surface area contributed by atoms with Crippen molar-refractivity contribution in [1.29, 1.82) is 0 Å². The van der Waals surface area contributed by atoms with Crippen LogP contribution in [0.4, 0.5) is 5.69 Å². The number of nitro groups is 1. The lowest BCUT2D eigenvalue weighted by Gasteiger charge is -2.10. The van der Waals surface area contributed by atoms with Crippen molar-refractivity contribution < 1.29 is 14.5 Å². The van der Waals surface area contributed by atoms with Gasteiger partial charge in [0.2, 0.25) is 5.16 Å². The van der Waals surface area contributed by atoms with Crippen LogP contribution in [-0.2, 0) is 4.79 Å². The average molecular weight is 323 g/mol. The van der Waals surface area contributed by atoms with Gasteiger partial charge in [-0.05, 0) is 19.2 Å². The van der Waals surface area contributed by atoms with Gasteiger partial charge in [-0.1, -0.05) is 23.9 Å². The maximum atomic E-state index is 11.9. The molecule has 0 spiro atoms. The van der Waals surface area contributed by atoms with E-state index in [1.807, 2.05) is 0 Å². The molecule has 10 heteroatoms. The number of ether oxygens (including phenoxy) is 1. The maximum absolute atomic E-state index is 11.9. The Morgan fingerprint density at radius 2 is 2.18 bits per heavy atom. The highest BCUT2D eigenvalue weighted by molar-refractivity contribution is 7.98. The van der Waals surface area contributed by atoms with Crippen molar-refractivity contribution in [2.24, 2.45) is 0 Å². The lowest BCUT2D eigenvalue weighted by Crippen LogP contribution is -2.29. The molecule has 2 aromatic rings. The fourth-order valence-electron chi connectivity index (χ4n) is 1.63. The third-order valence-corrected chi connectivity index (χ3v) is 3.26. The summed E-state index contributed by atoms with van der Waals surface area (Å²) in [6, 6.07) is 5.86. The molecule has 0 aliphatic carbocycles. The van der Waals surface area contributed by atoms with E-state index in [-0.39, 0.29) is 18.0 Å². The Balaban J connectivity index is 2.02. The van der Waals surface area contributed by atoms with Crippen molar-refractivity contribution >= 4 is 23.4 Å². The number of para-hydroxylation sites is 2. The topological polar surface area (TPSA) is 112 Å². The van der Waals surface area contributed by atoms with Crippen LogP contribution in [0.5, 0.6) is 5.75 Å². The lowest BCUT2D eigenvalue weighted by molar-refractivity contribution is -0.385. The number of amides is 1. The number of carbonyl (C=O) groups excluding carboxylic acids is 1. The Morgan fingerprint density at radius 1 is 1.45 bits per heavy atom. The Morgan fingerprint density at radius 3 is 2.86 bits per heavy atom. The molecule has 0 aliphatic heterocycles. The molecule has 1 aromatic carbocycles. The number of benzene rings is 1. The molecule has 0 atom stereocenters. The number of nitrogens with one attached hydrogen (secondary N) is 1. The first kappa shape index (κ1) is 15.8. The van der Waals surface area contributed by atoms with Crippen LogP contribution in [0.25, 0.3) is 0 Å². The predicted molar refractivity (Wildman–Crippen MR) is 79.5 cm³/mol. The molecule has 116 valence electrons. The van der Waals surface area contributed by atoms with Gasteiger partial charge in [-0.15, -0.1) is 10.2 Å². The highest BCUT2D eigenvalue weighted by Gasteiger charge is 2.16. The van der Waals surface area contributed by atoms with Crippen molar-refractivity contribution in [2.75, 3.05) is 18.3 Å². The van der Waals surface area contributed by atoms with Gasteiger partial charge in [-0.3, -0.25) is 20.3 Å². The van der Waals surface area contributed by atoms with Crippen LogP contribution >= 0.6 is 11.8 Å². The Kier molecular flexibility index (Phi) is 4.94. The van der Waals surface area contributed by atoms with Crippen molar-refractivity contribution in [3.63, 3.8) is 0 Å². The molecule has 1 N–H and O–H groups in total. The predicted octanol–water partition coefficient (Wildman–Crippen LogP) is 1.37. The van der Waals surface area contributed by atoms with Gasteiger partial charge in [-0.2, -0.15) is 0 Å². The van der Waals surface area contributed by atoms with E-state index in [1.54, 1.807) is 19.2 Å². The first-order chi connectivity index (χ1) is 10.5. The minimum Gasteiger partial charge on any atom is -0.477 e. The van der Waals surface area contributed by atoms with Gasteiger partial charge in [0.05, 0.1) is 4.92 Å². The molecule has 0 fully saturated rings. The molecule has 1 aromatic heterocycles. The lowest BCUT2D eigenvalue weighted by atomic mass is 10.3. The zero-order valence-electron chi connectivity index (χ0n) is 11.8. The highest BCUT2D eigenvalue weighted by atomic mass is 32.2. The van der Waals surface area contributed by atoms with Crippen LogP contribution in [0.2, 0.25) is 0 Å². The number of aryl methyl sites for hydroxylation is 1. The van der Waals surface area contributed by atoms with Crippen LogP contribution < -0.4 is 10.2 Å². The summed E-state index contributed by atoms with van der Waals surface area (Å²) in [6.07, 6.45) is 1.80. The first-order valence-corrected chi connectivity index (χ1v) is 7.37. The van der Waals surface area contributed by atoms with Gasteiger partial charge in [0.1, 0.15) is 5.82 Å². The van der Waals surface area contributed by atoms with Crippen molar-refractivity contribution in [2.45, 2.75) is 12.1 Å². The zero-order valence-corrected chi connectivity index (χ0v) is 12.7. The average Bonchev–Trinajstić information content (AvgIpc) is 2.86. The molecule has 0 saturated heterocycles. The molecule has 0 saturated carbocycles. The monoisotopic (exact) mass is 323 g/mol. The van der Waals surface area contributed by atoms with Crippen LogP contribution in [0.3, 0.4) is 0 Å². The third-order valence-electron chi connectivity index (χ3n) is 2.63. The Hall–Kier alpha value is -2.62. The van der Waals surface area contributed by atoms with E-state index >= 15 is 0 Å². The summed E-state index contributed by atoms with van der Waals surface area (Å²) in [5.41, 5.74) is 2.37. The molecular formula is C12H13N5O4S. The van der Waals surface area contributed by atoms with E-state index in [0.29, 0.717) is 11.0 Å². The third kappa shape index (κ3) is 3.52. The SMILES string of the molecule is CSc1nnc(C)n1NC(=O)COc1ccccc1[N+](=O)[O-]. The van der Waals surface area contributed by atoms with Crippen molar-refractivity contribution in [3.8, 4) is 5.75 Å². The van der Waals surface area contributed by atoms with Gasteiger partial charge in [0, 0.05) is 6.07 Å². The number of hydrogen-bond acceptors (Lipinski definition) is 7. The minimum absolute atomic E-state index is 0.0354. The molecule has 0 radical (unpaired) electrons. The quantitative estimate of drug-likeness (QED) is 0.485. The normalized spacial score (nSPS) is 10.3. The van der Waals surface area contributed by atoms with Crippen LogP contribution in [0.15, 0.2) is 29.4 Å². The number of aromatic nitrogens is 3. The fraction of sp³-hybridized carbons (Fsp3) is 0.250. The summed E-state index contributed by atoms with van der Waals surface area (Å²) in [6.45, 7) is 1.33. The van der Waals surface area contributed by atoms with Gasteiger partial charge in [-0.25, -0.2) is 4.68 Å². The molecular weight excluding hydrogens is 310 g/mol. The second-order valence-electron chi connectivity index (χ2n) is 4.12. The second-order valence-corrected chi connectivity index (χ2v) is 4.89. The summed E-state index contributed by atoms with van der Waals surface area (Å²) < 4.78 is 6.63. The van der Waals surface area contributed by atoms with Crippen molar-refractivity contribution in [1.82, 2.24) is 14.9 Å². The summed E-state index contributed by atoms with van der Waals surface area (Å²) >= 11 is 1.32. The van der Waals surface area contributed by atoms with Crippen LogP contribution in [-0.4, -0.2) is 38.6 Å². The molecule has 0 aliphatic rings. The number of nitrogens with zero attached hydrogens (tertiary/aromatic N) is 4. The molecule has 0 unspecified atom stereocenters. The van der Waals surface area contributed by atoms with E-state index in [0.717, 1.165) is 0 Å². The number of hydrogen-bond donors (Lipinski definition) is 1. The van der Waals surface area contributed by atoms with Gasteiger partial charge in [0.15, 0.2) is 12.4 Å². The molecule has 1 heterocycles. The molecule has 22 heavy (non-hydrogen) atoms. The van der Waals surface area contributed by atoms with E-state index in [9.17, 15) is 14.9 Å². The first-order valence-electron chi connectivity index (χ1n) is 6.15. The van der Waals surface area contributed by atoms with Crippen LogP contribution in [0, 0.1) is 17.0 Å². The minimum atomic E-state index is -0.566. The van der Waals surface area contributed by atoms with Gasteiger partial charge >= 0.3 is 5.69 Å². The summed E-state index contributed by atoms with van der Waals surface area (Å²) in [4.78, 5) is 22.2. The van der Waals surface area contributed by atoms with Crippen molar-refractivity contribution in [3.05, 3.63) is 40.2 Å². The van der Waals surface area contributed by atoms with E-state index in [4.69, 9.17) is 4.74 Å². The largest absolute Gasteiger partial charge is 0.477 e. The smallest absolute Gasteiger partial charge is 0.310 e. The number of thioether (sulfide) groups is 1. The van der Waals surface area contributed by atoms with E-state index < -0.39 is 10.8 Å². The number of nitro benzene ring substituents is 1. The fourth-order valence-corrected chi connectivity index (χ4v) is 2.12. The van der Waals surface area contributed by atoms with Gasteiger partial charge in [0.25, 0.3) is 5.91 Å². The van der Waals surface area contributed by atoms with Crippen LogP contribution in [0.1, 0.15) is 5.82 Å². The molecule has 2 rings (SSSR count). The summed E-state index contributed by atoms with van der Waals surface area (Å²) in [7, 11) is 0. The zero-order chi connectivity index (χ0) is 16.1. The number of carbonyl (C=O) groups is 1. The Bertz CT molecular complexity index is 703. The standard InChI is InChI=1S/C12H13N5O4S/c1-8-13-14-12(22-2)16(8)15-11(18)7-21-10-6-4-3-5-9(10)17(19)20/h3-6H,7H2,1-2H3,(H,15,18). The summed E-state index contributed by atoms with van der Waals surface area (Å²) in [5, 5.41) is 19.1. The van der Waals surface area contributed by atoms with Gasteiger partial charge < -0.3 is 4.74 Å².